The molecule has 1 aromatic carbocycles. The molecule has 2 aromatic heterocycles. The second-order valence-corrected chi connectivity index (χ2v) is 7.34. The first-order valence-electron chi connectivity index (χ1n) is 8.21. The number of rotatable bonds is 5. The Hall–Kier alpha value is -2.40. The van der Waals surface area contributed by atoms with Crippen LogP contribution in [0.4, 0.5) is 4.79 Å². The number of carbonyl (C=O) groups excluding carboxylic acids is 1. The van der Waals surface area contributed by atoms with Crippen molar-refractivity contribution in [1.29, 1.82) is 0 Å². The third-order valence-corrected chi connectivity index (χ3v) is 5.46. The van der Waals surface area contributed by atoms with Gasteiger partial charge in [0, 0.05) is 22.0 Å². The lowest BCUT2D eigenvalue weighted by atomic mass is 10.0. The monoisotopic (exact) mass is 337 g/mol. The number of amides is 2. The number of hydrogen-bond acceptors (Lipinski definition) is 3. The number of fused-ring (bicyclic) bond motifs is 1. The van der Waals surface area contributed by atoms with Gasteiger partial charge in [-0.05, 0) is 54.0 Å². The minimum Gasteiger partial charge on any atom is -0.333 e. The van der Waals surface area contributed by atoms with Crippen molar-refractivity contribution in [3.05, 3.63) is 65.3 Å². The molecule has 1 unspecified atom stereocenters. The van der Waals surface area contributed by atoms with Gasteiger partial charge in [0.15, 0.2) is 0 Å². The van der Waals surface area contributed by atoms with E-state index in [-0.39, 0.29) is 12.1 Å². The molecule has 2 N–H and O–H groups in total. The summed E-state index contributed by atoms with van der Waals surface area (Å²) in [6.45, 7) is 0.554. The van der Waals surface area contributed by atoms with E-state index in [1.54, 1.807) is 23.7 Å². The third kappa shape index (κ3) is 3.41. The minimum atomic E-state index is -0.110. The van der Waals surface area contributed by atoms with E-state index < -0.39 is 0 Å². The van der Waals surface area contributed by atoms with Crippen molar-refractivity contribution in [2.75, 3.05) is 0 Å². The maximum absolute atomic E-state index is 12.3. The van der Waals surface area contributed by atoms with Gasteiger partial charge in [0.1, 0.15) is 0 Å². The first-order chi connectivity index (χ1) is 11.8. The highest BCUT2D eigenvalue weighted by Crippen LogP contribution is 2.40. The third-order valence-electron chi connectivity index (χ3n) is 4.34. The fourth-order valence-electron chi connectivity index (χ4n) is 2.96. The van der Waals surface area contributed by atoms with Crippen molar-refractivity contribution in [3.8, 4) is 0 Å². The topological polar surface area (TPSA) is 54.0 Å². The van der Waals surface area contributed by atoms with Crippen molar-refractivity contribution >= 4 is 27.5 Å². The number of benzene rings is 1. The van der Waals surface area contributed by atoms with Crippen molar-refractivity contribution in [2.24, 2.45) is 5.92 Å². The minimum absolute atomic E-state index is 0.0791. The standard InChI is InChI=1S/C19H19N3OS/c23-19(21-12-16-11-15-3-1-2-4-17(15)24-16)22-18(13-5-6-13)14-7-9-20-10-8-14/h1-4,7-11,13,18H,5-6,12H2,(H2,21,22,23). The van der Waals surface area contributed by atoms with Crippen LogP contribution in [0.25, 0.3) is 10.1 Å². The van der Waals surface area contributed by atoms with E-state index in [2.05, 4.69) is 33.8 Å². The lowest BCUT2D eigenvalue weighted by Crippen LogP contribution is -2.38. The summed E-state index contributed by atoms with van der Waals surface area (Å²) < 4.78 is 1.25. The molecule has 5 heteroatoms. The molecule has 1 aliphatic carbocycles. The fourth-order valence-corrected chi connectivity index (χ4v) is 3.96. The van der Waals surface area contributed by atoms with Gasteiger partial charge in [-0.2, -0.15) is 0 Å². The van der Waals surface area contributed by atoms with Crippen LogP contribution in [0.2, 0.25) is 0 Å². The van der Waals surface area contributed by atoms with Gasteiger partial charge < -0.3 is 10.6 Å². The summed E-state index contributed by atoms with van der Waals surface area (Å²) in [6.07, 6.45) is 5.90. The quantitative estimate of drug-likeness (QED) is 0.731. The van der Waals surface area contributed by atoms with E-state index >= 15 is 0 Å². The second-order valence-electron chi connectivity index (χ2n) is 6.17. The molecule has 122 valence electrons. The highest BCUT2D eigenvalue weighted by Gasteiger charge is 2.33. The average Bonchev–Trinajstić information content (AvgIpc) is 3.37. The number of nitrogens with zero attached hydrogens (tertiary/aromatic N) is 1. The second kappa shape index (κ2) is 6.61. The van der Waals surface area contributed by atoms with Crippen molar-refractivity contribution in [1.82, 2.24) is 15.6 Å². The van der Waals surface area contributed by atoms with Crippen LogP contribution in [0, 0.1) is 5.92 Å². The van der Waals surface area contributed by atoms with Crippen LogP contribution >= 0.6 is 11.3 Å². The smallest absolute Gasteiger partial charge is 0.315 e. The summed E-state index contributed by atoms with van der Waals surface area (Å²) in [5, 5.41) is 7.34. The van der Waals surface area contributed by atoms with E-state index in [0.717, 1.165) is 5.56 Å². The summed E-state index contributed by atoms with van der Waals surface area (Å²) in [7, 11) is 0. The first kappa shape index (κ1) is 15.1. The van der Waals surface area contributed by atoms with E-state index in [1.165, 1.54) is 27.8 Å². The van der Waals surface area contributed by atoms with Gasteiger partial charge in [0.25, 0.3) is 0 Å². The van der Waals surface area contributed by atoms with Gasteiger partial charge in [0.2, 0.25) is 0 Å². The van der Waals surface area contributed by atoms with Crippen LogP contribution < -0.4 is 10.6 Å². The largest absolute Gasteiger partial charge is 0.333 e. The number of aromatic nitrogens is 1. The number of carbonyl (C=O) groups is 1. The Labute approximate surface area is 144 Å². The van der Waals surface area contributed by atoms with Crippen LogP contribution in [0.1, 0.15) is 29.3 Å². The average molecular weight is 337 g/mol. The Morgan fingerprint density at radius 2 is 2.00 bits per heavy atom. The van der Waals surface area contributed by atoms with Gasteiger partial charge in [0.05, 0.1) is 12.6 Å². The Balaban J connectivity index is 1.38. The summed E-state index contributed by atoms with van der Waals surface area (Å²) in [4.78, 5) is 17.5. The molecule has 0 bridgehead atoms. The molecule has 0 aliphatic heterocycles. The summed E-state index contributed by atoms with van der Waals surface area (Å²) >= 11 is 1.72. The SMILES string of the molecule is O=C(NCc1cc2ccccc2s1)NC(c1ccncc1)C1CC1. The van der Waals surface area contributed by atoms with E-state index in [0.29, 0.717) is 12.5 Å². The number of thiophene rings is 1. The molecular formula is C19H19N3OS. The van der Waals surface area contributed by atoms with Crippen molar-refractivity contribution in [2.45, 2.75) is 25.4 Å². The van der Waals surface area contributed by atoms with Crippen LogP contribution in [0.15, 0.2) is 54.9 Å². The Morgan fingerprint density at radius 1 is 1.21 bits per heavy atom. The van der Waals surface area contributed by atoms with Crippen molar-refractivity contribution < 1.29 is 4.79 Å². The molecule has 4 nitrogen and oxygen atoms in total. The molecule has 1 atom stereocenters. The van der Waals surface area contributed by atoms with Crippen LogP contribution in [-0.4, -0.2) is 11.0 Å². The zero-order chi connectivity index (χ0) is 16.4. The summed E-state index contributed by atoms with van der Waals surface area (Å²) in [5.74, 6) is 0.544. The maximum Gasteiger partial charge on any atom is 0.315 e. The first-order valence-corrected chi connectivity index (χ1v) is 9.03. The molecule has 0 radical (unpaired) electrons. The fraction of sp³-hybridized carbons (Fsp3) is 0.263. The lowest BCUT2D eigenvalue weighted by Gasteiger charge is -2.18. The van der Waals surface area contributed by atoms with Crippen LogP contribution in [0.5, 0.6) is 0 Å². The molecule has 0 saturated heterocycles. The maximum atomic E-state index is 12.3. The molecular weight excluding hydrogens is 318 g/mol. The zero-order valence-electron chi connectivity index (χ0n) is 13.2. The number of urea groups is 1. The number of nitrogens with one attached hydrogen (secondary N) is 2. The summed E-state index contributed by atoms with van der Waals surface area (Å²) in [6, 6.07) is 14.4. The Morgan fingerprint density at radius 3 is 2.75 bits per heavy atom. The molecule has 2 heterocycles. The Kier molecular flexibility index (Phi) is 4.17. The number of pyridine rings is 1. The molecule has 2 amide bonds. The molecule has 1 aliphatic rings. The van der Waals surface area contributed by atoms with Gasteiger partial charge >= 0.3 is 6.03 Å². The van der Waals surface area contributed by atoms with Gasteiger partial charge in [-0.25, -0.2) is 4.79 Å². The number of hydrogen-bond donors (Lipinski definition) is 2. The molecule has 1 fully saturated rings. The molecule has 4 rings (SSSR count). The highest BCUT2D eigenvalue weighted by molar-refractivity contribution is 7.19. The van der Waals surface area contributed by atoms with Gasteiger partial charge in [-0.3, -0.25) is 4.98 Å². The molecule has 1 saturated carbocycles. The Bertz CT molecular complexity index is 809. The predicted octanol–water partition coefficient (Wildman–Crippen LogP) is 4.25. The predicted molar refractivity (Wildman–Crippen MR) is 96.9 cm³/mol. The van der Waals surface area contributed by atoms with Crippen molar-refractivity contribution in [3.63, 3.8) is 0 Å². The van der Waals surface area contributed by atoms with Gasteiger partial charge in [-0.1, -0.05) is 18.2 Å². The molecule has 24 heavy (non-hydrogen) atoms. The van der Waals surface area contributed by atoms with Crippen LogP contribution in [0.3, 0.4) is 0 Å². The van der Waals surface area contributed by atoms with Crippen LogP contribution in [-0.2, 0) is 6.54 Å². The van der Waals surface area contributed by atoms with E-state index in [9.17, 15) is 4.79 Å². The lowest BCUT2D eigenvalue weighted by molar-refractivity contribution is 0.235. The highest BCUT2D eigenvalue weighted by atomic mass is 32.1. The molecule has 0 spiro atoms. The van der Waals surface area contributed by atoms with E-state index in [4.69, 9.17) is 0 Å². The summed E-state index contributed by atoms with van der Waals surface area (Å²) in [5.41, 5.74) is 1.13. The van der Waals surface area contributed by atoms with Gasteiger partial charge in [-0.15, -0.1) is 11.3 Å². The molecule has 3 aromatic rings. The van der Waals surface area contributed by atoms with E-state index in [1.807, 2.05) is 24.3 Å². The normalized spacial score (nSPS) is 15.2. The zero-order valence-corrected chi connectivity index (χ0v) is 14.1.